The van der Waals surface area contributed by atoms with Crippen LogP contribution in [-0.4, -0.2) is 16.9 Å². The number of benzene rings is 1. The van der Waals surface area contributed by atoms with Crippen LogP contribution in [0.25, 0.3) is 0 Å². The normalized spacial score (nSPS) is 11.4. The molecule has 0 radical (unpaired) electrons. The summed E-state index contributed by atoms with van der Waals surface area (Å²) in [5, 5.41) is 9.59. The molecule has 0 bridgehead atoms. The van der Waals surface area contributed by atoms with Gasteiger partial charge in [-0.2, -0.15) is 0 Å². The molecule has 20 heavy (non-hydrogen) atoms. The van der Waals surface area contributed by atoms with Gasteiger partial charge in [-0.15, -0.1) is 0 Å². The number of phenols is 1. The molecule has 0 heterocycles. The standard InChI is InChI=1S/C16H16O4/c1-4-5-10-15(11(2)12(3)17)20-16(19)13-8-6-7-9-14(13)18/h4-10,18H,2H2,1,3H3/b5-4-,15-10+. The highest BCUT2D eigenvalue weighted by Crippen LogP contribution is 2.20. The number of Topliss-reactive ketones (excluding diaryl/α,β-unsaturated/α-hetero) is 1. The highest BCUT2D eigenvalue weighted by Gasteiger charge is 2.17. The SMILES string of the molecule is C=C(C(C)=O)/C(=C\C=C/C)OC(=O)c1ccccc1O. The van der Waals surface area contributed by atoms with Gasteiger partial charge in [-0.25, -0.2) is 4.79 Å². The lowest BCUT2D eigenvalue weighted by Crippen LogP contribution is -2.09. The number of phenolic OH excluding ortho intramolecular Hbond substituents is 1. The summed E-state index contributed by atoms with van der Waals surface area (Å²) < 4.78 is 5.13. The zero-order valence-corrected chi connectivity index (χ0v) is 11.4. The van der Waals surface area contributed by atoms with Crippen molar-refractivity contribution in [3.8, 4) is 5.75 Å². The van der Waals surface area contributed by atoms with E-state index in [2.05, 4.69) is 6.58 Å². The van der Waals surface area contributed by atoms with Gasteiger partial charge in [0, 0.05) is 0 Å². The van der Waals surface area contributed by atoms with Crippen LogP contribution in [0.5, 0.6) is 5.75 Å². The van der Waals surface area contributed by atoms with Crippen molar-refractivity contribution in [2.75, 3.05) is 0 Å². The Labute approximate surface area is 117 Å². The molecule has 0 aliphatic carbocycles. The first-order chi connectivity index (χ1) is 9.47. The van der Waals surface area contributed by atoms with Gasteiger partial charge in [0.2, 0.25) is 0 Å². The second kappa shape index (κ2) is 7.09. The number of esters is 1. The highest BCUT2D eigenvalue weighted by molar-refractivity contribution is 5.99. The number of hydrogen-bond acceptors (Lipinski definition) is 4. The van der Waals surface area contributed by atoms with Crippen molar-refractivity contribution >= 4 is 11.8 Å². The van der Waals surface area contributed by atoms with E-state index >= 15 is 0 Å². The Kier molecular flexibility index (Phi) is 5.47. The van der Waals surface area contributed by atoms with Crippen LogP contribution in [0.2, 0.25) is 0 Å². The van der Waals surface area contributed by atoms with Gasteiger partial charge in [-0.05, 0) is 32.1 Å². The summed E-state index contributed by atoms with van der Waals surface area (Å²) in [6.07, 6.45) is 4.82. The lowest BCUT2D eigenvalue weighted by molar-refractivity contribution is -0.113. The van der Waals surface area contributed by atoms with Gasteiger partial charge in [-0.1, -0.05) is 30.9 Å². The number of aromatic hydroxyl groups is 1. The van der Waals surface area contributed by atoms with Crippen LogP contribution >= 0.6 is 0 Å². The lowest BCUT2D eigenvalue weighted by atomic mass is 10.1. The van der Waals surface area contributed by atoms with E-state index in [1.807, 2.05) is 0 Å². The number of carbonyl (C=O) groups excluding carboxylic acids is 2. The van der Waals surface area contributed by atoms with Gasteiger partial charge in [0.15, 0.2) is 5.78 Å². The summed E-state index contributed by atoms with van der Waals surface area (Å²) in [5.74, 6) is -1.17. The van der Waals surface area contributed by atoms with Crippen LogP contribution in [-0.2, 0) is 9.53 Å². The molecule has 4 nitrogen and oxygen atoms in total. The molecule has 0 aromatic heterocycles. The molecule has 0 saturated carbocycles. The maximum Gasteiger partial charge on any atom is 0.347 e. The zero-order valence-electron chi connectivity index (χ0n) is 11.4. The van der Waals surface area contributed by atoms with Crippen molar-refractivity contribution in [3.63, 3.8) is 0 Å². The van der Waals surface area contributed by atoms with Crippen molar-refractivity contribution < 1.29 is 19.4 Å². The molecule has 0 fully saturated rings. The van der Waals surface area contributed by atoms with Crippen LogP contribution in [0.3, 0.4) is 0 Å². The number of hydrogen-bond donors (Lipinski definition) is 1. The van der Waals surface area contributed by atoms with E-state index in [0.717, 1.165) is 0 Å². The molecular weight excluding hydrogens is 256 g/mol. The summed E-state index contributed by atoms with van der Waals surface area (Å²) in [4.78, 5) is 23.3. The van der Waals surface area contributed by atoms with Crippen LogP contribution < -0.4 is 0 Å². The molecule has 1 N–H and O–H groups in total. The van der Waals surface area contributed by atoms with Gasteiger partial charge in [0.25, 0.3) is 0 Å². The number of carbonyl (C=O) groups is 2. The Morgan fingerprint density at radius 3 is 2.50 bits per heavy atom. The number of para-hydroxylation sites is 1. The Morgan fingerprint density at radius 2 is 1.95 bits per heavy atom. The van der Waals surface area contributed by atoms with Gasteiger partial charge in [0.1, 0.15) is 17.1 Å². The fourth-order valence-corrected chi connectivity index (χ4v) is 1.35. The third-order valence-electron chi connectivity index (χ3n) is 2.49. The average Bonchev–Trinajstić information content (AvgIpc) is 2.42. The van der Waals surface area contributed by atoms with Crippen LogP contribution in [0.15, 0.2) is 60.4 Å². The molecule has 0 amide bonds. The summed E-state index contributed by atoms with van der Waals surface area (Å²) in [6.45, 7) is 6.71. The zero-order chi connectivity index (χ0) is 15.1. The second-order valence-electron chi connectivity index (χ2n) is 4.00. The van der Waals surface area contributed by atoms with E-state index in [1.54, 1.807) is 31.2 Å². The molecule has 1 rings (SSSR count). The average molecular weight is 272 g/mol. The van der Waals surface area contributed by atoms with Gasteiger partial charge in [0.05, 0.1) is 5.57 Å². The van der Waals surface area contributed by atoms with E-state index in [9.17, 15) is 14.7 Å². The summed E-state index contributed by atoms with van der Waals surface area (Å²) in [5.41, 5.74) is 0.113. The maximum absolute atomic E-state index is 12.0. The van der Waals surface area contributed by atoms with Gasteiger partial charge in [-0.3, -0.25) is 4.79 Å². The van der Waals surface area contributed by atoms with Crippen molar-refractivity contribution in [2.45, 2.75) is 13.8 Å². The first-order valence-electron chi connectivity index (χ1n) is 6.00. The van der Waals surface area contributed by atoms with Crippen molar-refractivity contribution in [1.29, 1.82) is 0 Å². The Morgan fingerprint density at radius 1 is 1.30 bits per heavy atom. The molecule has 0 saturated heterocycles. The predicted octanol–water partition coefficient (Wildman–Crippen LogP) is 3.15. The van der Waals surface area contributed by atoms with E-state index in [1.165, 1.54) is 25.1 Å². The van der Waals surface area contributed by atoms with E-state index in [-0.39, 0.29) is 28.4 Å². The molecule has 0 spiro atoms. The molecule has 1 aromatic rings. The minimum absolute atomic E-state index is 0.0234. The monoisotopic (exact) mass is 272 g/mol. The second-order valence-corrected chi connectivity index (χ2v) is 4.00. The molecule has 0 aliphatic rings. The molecule has 0 atom stereocenters. The van der Waals surface area contributed by atoms with E-state index in [4.69, 9.17) is 4.74 Å². The smallest absolute Gasteiger partial charge is 0.347 e. The molecule has 0 unspecified atom stereocenters. The van der Waals surface area contributed by atoms with Crippen LogP contribution in [0.1, 0.15) is 24.2 Å². The number of ether oxygens (including phenoxy) is 1. The summed E-state index contributed by atoms with van der Waals surface area (Å²) >= 11 is 0. The highest BCUT2D eigenvalue weighted by atomic mass is 16.5. The van der Waals surface area contributed by atoms with Crippen molar-refractivity contribution in [2.24, 2.45) is 0 Å². The predicted molar refractivity (Wildman–Crippen MR) is 76.2 cm³/mol. The molecule has 104 valence electrons. The van der Waals surface area contributed by atoms with E-state index in [0.29, 0.717) is 0 Å². The number of allylic oxidation sites excluding steroid dienone is 4. The minimum Gasteiger partial charge on any atom is -0.507 e. The topological polar surface area (TPSA) is 63.6 Å². The van der Waals surface area contributed by atoms with Crippen molar-refractivity contribution in [3.05, 3.63) is 66.0 Å². The first-order valence-corrected chi connectivity index (χ1v) is 6.00. The number of ketones is 1. The molecule has 4 heteroatoms. The third-order valence-corrected chi connectivity index (χ3v) is 2.49. The maximum atomic E-state index is 12.0. The third kappa shape index (κ3) is 3.95. The summed E-state index contributed by atoms with van der Waals surface area (Å²) in [7, 11) is 0. The quantitative estimate of drug-likeness (QED) is 0.387. The molecular formula is C16H16O4. The lowest BCUT2D eigenvalue weighted by Gasteiger charge is -2.09. The Balaban J connectivity index is 3.02. The fourth-order valence-electron chi connectivity index (χ4n) is 1.35. The van der Waals surface area contributed by atoms with Gasteiger partial charge < -0.3 is 9.84 Å². The minimum atomic E-state index is -0.749. The Hall–Kier alpha value is -2.62. The van der Waals surface area contributed by atoms with Crippen molar-refractivity contribution in [1.82, 2.24) is 0 Å². The first kappa shape index (κ1) is 15.4. The van der Waals surface area contributed by atoms with Crippen LogP contribution in [0.4, 0.5) is 0 Å². The molecule has 1 aromatic carbocycles. The molecule has 0 aliphatic heterocycles. The fraction of sp³-hybridized carbons (Fsp3) is 0.125. The van der Waals surface area contributed by atoms with Gasteiger partial charge >= 0.3 is 5.97 Å². The largest absolute Gasteiger partial charge is 0.507 e. The number of rotatable bonds is 5. The van der Waals surface area contributed by atoms with Crippen LogP contribution in [0, 0.1) is 0 Å². The Bertz CT molecular complexity index is 594. The van der Waals surface area contributed by atoms with E-state index < -0.39 is 5.97 Å². The summed E-state index contributed by atoms with van der Waals surface area (Å²) in [6, 6.07) is 6.01.